The molecule has 0 saturated carbocycles. The Kier molecular flexibility index (Phi) is 7.63. The average Bonchev–Trinajstić information content (AvgIpc) is 2.64. The lowest BCUT2D eigenvalue weighted by molar-refractivity contribution is 0.310. The summed E-state index contributed by atoms with van der Waals surface area (Å²) in [5.41, 5.74) is 7.71. The third kappa shape index (κ3) is 6.56. The van der Waals surface area contributed by atoms with Crippen LogP contribution in [0.5, 0.6) is 11.6 Å². The van der Waals surface area contributed by atoms with Crippen LogP contribution in [0.3, 0.4) is 0 Å². The first-order valence-corrected chi connectivity index (χ1v) is 8.43. The molecule has 1 aromatic heterocycles. The van der Waals surface area contributed by atoms with Crippen molar-refractivity contribution < 1.29 is 9.47 Å². The summed E-state index contributed by atoms with van der Waals surface area (Å²) in [4.78, 5) is 12.7. The molecule has 0 unspecified atom stereocenters. The van der Waals surface area contributed by atoms with Crippen LogP contribution in [0.25, 0.3) is 0 Å². The number of rotatable bonds is 9. The normalized spacial score (nSPS) is 11.3. The summed E-state index contributed by atoms with van der Waals surface area (Å²) < 4.78 is 10.8. The van der Waals surface area contributed by atoms with Gasteiger partial charge in [0.25, 0.3) is 0 Å². The summed E-state index contributed by atoms with van der Waals surface area (Å²) in [6, 6.07) is 9.54. The van der Waals surface area contributed by atoms with Gasteiger partial charge in [-0.05, 0) is 44.6 Å². The fourth-order valence-electron chi connectivity index (χ4n) is 2.16. The number of nitrogens with zero attached hydrogens (tertiary/aromatic N) is 3. The highest BCUT2D eigenvalue weighted by Crippen LogP contribution is 2.13. The number of hydrogen-bond donors (Lipinski definition) is 3. The van der Waals surface area contributed by atoms with E-state index in [1.807, 2.05) is 38.2 Å². The number of nitrogens with one attached hydrogen (secondary N) is 2. The van der Waals surface area contributed by atoms with E-state index in [-0.39, 0.29) is 5.96 Å². The van der Waals surface area contributed by atoms with Crippen LogP contribution in [-0.4, -0.2) is 43.2 Å². The van der Waals surface area contributed by atoms with Gasteiger partial charge in [0.05, 0.1) is 20.3 Å². The molecule has 0 spiro atoms. The molecular weight excluding hydrogens is 332 g/mol. The van der Waals surface area contributed by atoms with E-state index in [1.54, 1.807) is 13.2 Å². The zero-order chi connectivity index (χ0) is 18.8. The predicted molar refractivity (Wildman–Crippen MR) is 103 cm³/mol. The SMILES string of the molecule is CNCCCOc1ccc(CN=C(N)Nc2nc(C)cc(OC)n2)cc1. The van der Waals surface area contributed by atoms with Crippen molar-refractivity contribution in [2.45, 2.75) is 19.9 Å². The first kappa shape index (κ1) is 19.5. The van der Waals surface area contributed by atoms with Crippen LogP contribution in [0.4, 0.5) is 5.95 Å². The second-order valence-electron chi connectivity index (χ2n) is 5.65. The maximum absolute atomic E-state index is 5.91. The summed E-state index contributed by atoms with van der Waals surface area (Å²) in [5, 5.41) is 5.96. The van der Waals surface area contributed by atoms with Gasteiger partial charge in [-0.2, -0.15) is 4.98 Å². The molecule has 0 bridgehead atoms. The quantitative estimate of drug-likeness (QED) is 0.356. The van der Waals surface area contributed by atoms with Gasteiger partial charge in [0.1, 0.15) is 5.75 Å². The van der Waals surface area contributed by atoms with Crippen molar-refractivity contribution in [2.75, 3.05) is 32.6 Å². The number of benzene rings is 1. The first-order valence-electron chi connectivity index (χ1n) is 8.43. The molecule has 0 radical (unpaired) electrons. The summed E-state index contributed by atoms with van der Waals surface area (Å²) >= 11 is 0. The van der Waals surface area contributed by atoms with Crippen molar-refractivity contribution in [3.05, 3.63) is 41.6 Å². The molecule has 0 amide bonds. The standard InChI is InChI=1S/C18H26N6O2/c1-13-11-16(25-3)23-18(22-13)24-17(19)21-12-14-5-7-15(8-6-14)26-10-4-9-20-2/h5-8,11,20H,4,9-10,12H2,1-3H3,(H3,19,21,22,23,24). The number of aryl methyl sites for hydroxylation is 1. The predicted octanol–water partition coefficient (Wildman–Crippen LogP) is 1.71. The topological polar surface area (TPSA) is 107 Å². The van der Waals surface area contributed by atoms with Gasteiger partial charge in [0.15, 0.2) is 5.96 Å². The van der Waals surface area contributed by atoms with Gasteiger partial charge < -0.3 is 20.5 Å². The van der Waals surface area contributed by atoms with Gasteiger partial charge in [-0.1, -0.05) is 12.1 Å². The van der Waals surface area contributed by atoms with Crippen LogP contribution < -0.4 is 25.8 Å². The molecule has 140 valence electrons. The van der Waals surface area contributed by atoms with Crippen LogP contribution >= 0.6 is 0 Å². The third-order valence-electron chi connectivity index (χ3n) is 3.47. The van der Waals surface area contributed by atoms with Crippen molar-refractivity contribution in [3.63, 3.8) is 0 Å². The number of hydrogen-bond acceptors (Lipinski definition) is 6. The molecule has 4 N–H and O–H groups in total. The van der Waals surface area contributed by atoms with Crippen LogP contribution in [0.15, 0.2) is 35.3 Å². The molecule has 0 aliphatic heterocycles. The average molecular weight is 358 g/mol. The molecule has 1 heterocycles. The summed E-state index contributed by atoms with van der Waals surface area (Å²) in [5.74, 6) is 1.91. The Hall–Kier alpha value is -2.87. The number of methoxy groups -OCH3 is 1. The molecule has 0 aliphatic rings. The first-order chi connectivity index (χ1) is 12.6. The van der Waals surface area contributed by atoms with Gasteiger partial charge in [-0.3, -0.25) is 5.32 Å². The molecule has 0 fully saturated rings. The van der Waals surface area contributed by atoms with Gasteiger partial charge in [-0.15, -0.1) is 0 Å². The molecule has 8 nitrogen and oxygen atoms in total. The minimum Gasteiger partial charge on any atom is -0.494 e. The van der Waals surface area contributed by atoms with Crippen molar-refractivity contribution in [3.8, 4) is 11.6 Å². The Labute approximate surface area is 153 Å². The Morgan fingerprint density at radius 1 is 1.23 bits per heavy atom. The molecule has 2 rings (SSSR count). The molecular formula is C18H26N6O2. The van der Waals surface area contributed by atoms with E-state index >= 15 is 0 Å². The lowest BCUT2D eigenvalue weighted by Gasteiger charge is -2.08. The summed E-state index contributed by atoms with van der Waals surface area (Å²) in [6.07, 6.45) is 0.969. The fraction of sp³-hybridized carbons (Fsp3) is 0.389. The van der Waals surface area contributed by atoms with E-state index in [0.29, 0.717) is 25.0 Å². The minimum absolute atomic E-state index is 0.241. The highest BCUT2D eigenvalue weighted by molar-refractivity contribution is 5.90. The van der Waals surface area contributed by atoms with Gasteiger partial charge in [-0.25, -0.2) is 9.98 Å². The zero-order valence-electron chi connectivity index (χ0n) is 15.5. The molecule has 8 heteroatoms. The Balaban J connectivity index is 1.87. The molecule has 0 aliphatic carbocycles. The summed E-state index contributed by atoms with van der Waals surface area (Å²) in [6.45, 7) is 3.93. The van der Waals surface area contributed by atoms with E-state index in [1.165, 1.54) is 0 Å². The van der Waals surface area contributed by atoms with Crippen molar-refractivity contribution in [1.82, 2.24) is 15.3 Å². The molecule has 26 heavy (non-hydrogen) atoms. The maximum Gasteiger partial charge on any atom is 0.233 e. The number of guanidine groups is 1. The number of aliphatic imine (C=N–C) groups is 1. The van der Waals surface area contributed by atoms with E-state index in [2.05, 4.69) is 25.6 Å². The van der Waals surface area contributed by atoms with Gasteiger partial charge in [0, 0.05) is 11.8 Å². The highest BCUT2D eigenvalue weighted by atomic mass is 16.5. The zero-order valence-corrected chi connectivity index (χ0v) is 15.5. The third-order valence-corrected chi connectivity index (χ3v) is 3.47. The van der Waals surface area contributed by atoms with Crippen LogP contribution in [0.1, 0.15) is 17.7 Å². The maximum atomic E-state index is 5.91. The van der Waals surface area contributed by atoms with Crippen molar-refractivity contribution in [1.29, 1.82) is 0 Å². The van der Waals surface area contributed by atoms with Crippen molar-refractivity contribution in [2.24, 2.45) is 10.7 Å². The molecule has 1 aromatic carbocycles. The Morgan fingerprint density at radius 2 is 2.00 bits per heavy atom. The second-order valence-corrected chi connectivity index (χ2v) is 5.65. The monoisotopic (exact) mass is 358 g/mol. The van der Waals surface area contributed by atoms with Crippen LogP contribution in [0.2, 0.25) is 0 Å². The second kappa shape index (κ2) is 10.2. The van der Waals surface area contributed by atoms with E-state index in [0.717, 1.165) is 30.0 Å². The number of anilines is 1. The molecule has 2 aromatic rings. The lowest BCUT2D eigenvalue weighted by atomic mass is 10.2. The highest BCUT2D eigenvalue weighted by Gasteiger charge is 2.03. The van der Waals surface area contributed by atoms with Crippen molar-refractivity contribution >= 4 is 11.9 Å². The van der Waals surface area contributed by atoms with Gasteiger partial charge in [0.2, 0.25) is 11.8 Å². The van der Waals surface area contributed by atoms with Crippen LogP contribution in [-0.2, 0) is 6.54 Å². The van der Waals surface area contributed by atoms with E-state index < -0.39 is 0 Å². The Morgan fingerprint density at radius 3 is 2.69 bits per heavy atom. The largest absolute Gasteiger partial charge is 0.494 e. The number of aromatic nitrogens is 2. The lowest BCUT2D eigenvalue weighted by Crippen LogP contribution is -2.24. The number of ether oxygens (including phenoxy) is 2. The summed E-state index contributed by atoms with van der Waals surface area (Å²) in [7, 11) is 3.48. The molecule has 0 atom stereocenters. The Bertz CT molecular complexity index is 718. The molecule has 0 saturated heterocycles. The minimum atomic E-state index is 0.241. The smallest absolute Gasteiger partial charge is 0.233 e. The number of nitrogens with two attached hydrogens (primary N) is 1. The van der Waals surface area contributed by atoms with E-state index in [4.69, 9.17) is 15.2 Å². The van der Waals surface area contributed by atoms with Gasteiger partial charge >= 0.3 is 0 Å². The van der Waals surface area contributed by atoms with Crippen LogP contribution in [0, 0.1) is 6.92 Å². The van der Waals surface area contributed by atoms with E-state index in [9.17, 15) is 0 Å². The fourth-order valence-corrected chi connectivity index (χ4v) is 2.16.